The van der Waals surface area contributed by atoms with E-state index in [1.54, 1.807) is 0 Å². The Morgan fingerprint density at radius 3 is 2.11 bits per heavy atom. The summed E-state index contributed by atoms with van der Waals surface area (Å²) >= 11 is 0. The summed E-state index contributed by atoms with van der Waals surface area (Å²) in [5.74, 6) is -0.00176. The molecule has 0 unspecified atom stereocenters. The number of nitrogens with zero attached hydrogens (tertiary/aromatic N) is 2. The van der Waals surface area contributed by atoms with Crippen LogP contribution in [0.4, 0.5) is 4.79 Å². The van der Waals surface area contributed by atoms with Gasteiger partial charge in [0, 0.05) is 5.92 Å². The van der Waals surface area contributed by atoms with Crippen LogP contribution in [-0.4, -0.2) is 12.7 Å². The van der Waals surface area contributed by atoms with Crippen molar-refractivity contribution in [2.24, 2.45) is 0 Å². The van der Waals surface area contributed by atoms with Gasteiger partial charge in [-0.15, -0.1) is 0 Å². The van der Waals surface area contributed by atoms with E-state index < -0.39 is 6.09 Å². The first-order valence-electron chi connectivity index (χ1n) is 6.01. The van der Waals surface area contributed by atoms with Gasteiger partial charge in [-0.05, 0) is 22.3 Å². The Hall–Kier alpha value is -2.67. The second kappa shape index (κ2) is 4.54. The largest absolute Gasteiger partial charge is 0.772 e. The van der Waals surface area contributed by atoms with Crippen LogP contribution in [0.1, 0.15) is 17.0 Å². The quantitative estimate of drug-likeness (QED) is 0.763. The molecular weight excluding hydrogens is 240 g/mol. The standard InChI is InChI=1S/C15H11N2O2/c16-17-15(18)19-9-14-12-7-3-1-5-10(12)11-6-2-4-8-13(11)14/h1-8,14H,9H2/q+1. The normalized spacial score (nSPS) is 12.4. The monoisotopic (exact) mass is 251 g/mol. The zero-order valence-corrected chi connectivity index (χ0v) is 10.1. The average Bonchev–Trinajstić information content (AvgIpc) is 2.79. The molecule has 1 aliphatic carbocycles. The van der Waals surface area contributed by atoms with Crippen molar-refractivity contribution in [3.63, 3.8) is 0 Å². The van der Waals surface area contributed by atoms with Gasteiger partial charge in [0.05, 0.1) is 0 Å². The lowest BCUT2D eigenvalue weighted by molar-refractivity contribution is 0.161. The van der Waals surface area contributed by atoms with Crippen molar-refractivity contribution in [2.75, 3.05) is 6.61 Å². The molecule has 0 aromatic heterocycles. The third-order valence-electron chi connectivity index (χ3n) is 3.42. The summed E-state index contributed by atoms with van der Waals surface area (Å²) in [5.41, 5.74) is 4.60. The molecule has 1 aliphatic rings. The Kier molecular flexibility index (Phi) is 2.73. The summed E-state index contributed by atoms with van der Waals surface area (Å²) in [6.45, 7) is 0.177. The molecule has 19 heavy (non-hydrogen) atoms. The Balaban J connectivity index is 2.01. The molecule has 2 aromatic rings. The van der Waals surface area contributed by atoms with Crippen molar-refractivity contribution in [3.8, 4) is 11.1 Å². The van der Waals surface area contributed by atoms with Crippen molar-refractivity contribution in [2.45, 2.75) is 5.92 Å². The van der Waals surface area contributed by atoms with Gasteiger partial charge < -0.3 is 4.74 Å². The first kappa shape index (κ1) is 11.4. The van der Waals surface area contributed by atoms with E-state index in [1.807, 2.05) is 36.4 Å². The van der Waals surface area contributed by atoms with Crippen molar-refractivity contribution in [1.29, 1.82) is 5.39 Å². The summed E-state index contributed by atoms with van der Waals surface area (Å²) in [6.07, 6.45) is -0.957. The maximum atomic E-state index is 11.0. The predicted molar refractivity (Wildman–Crippen MR) is 70.2 cm³/mol. The highest BCUT2D eigenvalue weighted by molar-refractivity contribution is 5.80. The molecule has 0 spiro atoms. The lowest BCUT2D eigenvalue weighted by atomic mass is 9.98. The maximum Gasteiger partial charge on any atom is 0.772 e. The summed E-state index contributed by atoms with van der Waals surface area (Å²) in [7, 11) is 0. The maximum absolute atomic E-state index is 11.0. The molecule has 3 rings (SSSR count). The van der Waals surface area contributed by atoms with E-state index in [0.717, 1.165) is 11.1 Å². The van der Waals surface area contributed by atoms with Crippen LogP contribution in [0.25, 0.3) is 16.1 Å². The molecule has 92 valence electrons. The second-order valence-corrected chi connectivity index (χ2v) is 4.40. The fraction of sp³-hybridized carbons (Fsp3) is 0.133. The molecule has 4 heteroatoms. The van der Waals surface area contributed by atoms with Crippen LogP contribution in [0.3, 0.4) is 0 Å². The van der Waals surface area contributed by atoms with Gasteiger partial charge in [0.25, 0.3) is 4.98 Å². The SMILES string of the molecule is N#[N+]C(=O)OCC1c2ccccc2-c2ccccc21. The van der Waals surface area contributed by atoms with E-state index in [9.17, 15) is 4.79 Å². The number of carbonyl (C=O) groups is 1. The Labute approximate surface area is 110 Å². The van der Waals surface area contributed by atoms with Gasteiger partial charge in [-0.25, -0.2) is 0 Å². The highest BCUT2D eigenvalue weighted by atomic mass is 16.5. The molecular formula is C15H11N2O2+. The lowest BCUT2D eigenvalue weighted by Gasteiger charge is -2.10. The predicted octanol–water partition coefficient (Wildman–Crippen LogP) is 3.79. The number of benzene rings is 2. The number of carbonyl (C=O) groups excluding carboxylic acids is 1. The highest BCUT2D eigenvalue weighted by Gasteiger charge is 2.30. The van der Waals surface area contributed by atoms with Crippen LogP contribution in [-0.2, 0) is 4.74 Å². The van der Waals surface area contributed by atoms with Crippen LogP contribution in [0.5, 0.6) is 0 Å². The lowest BCUT2D eigenvalue weighted by Crippen LogP contribution is -2.08. The zero-order valence-electron chi connectivity index (χ0n) is 10.1. The molecule has 0 saturated heterocycles. The molecule has 0 saturated carbocycles. The van der Waals surface area contributed by atoms with Gasteiger partial charge in [0.1, 0.15) is 6.61 Å². The molecule has 0 radical (unpaired) electrons. The molecule has 4 nitrogen and oxygen atoms in total. The minimum Gasteiger partial charge on any atom is -0.394 e. The van der Waals surface area contributed by atoms with Crippen molar-refractivity contribution < 1.29 is 9.53 Å². The number of fused-ring (bicyclic) bond motifs is 3. The van der Waals surface area contributed by atoms with Gasteiger partial charge in [-0.2, -0.15) is 4.79 Å². The van der Waals surface area contributed by atoms with E-state index in [-0.39, 0.29) is 12.5 Å². The number of rotatable bonds is 2. The summed E-state index contributed by atoms with van der Waals surface area (Å²) < 4.78 is 4.93. The highest BCUT2D eigenvalue weighted by Crippen LogP contribution is 2.44. The fourth-order valence-electron chi connectivity index (χ4n) is 2.62. The van der Waals surface area contributed by atoms with E-state index in [4.69, 9.17) is 10.1 Å². The number of hydrogen-bond donors (Lipinski definition) is 0. The Morgan fingerprint density at radius 2 is 1.58 bits per heavy atom. The van der Waals surface area contributed by atoms with Gasteiger partial charge >= 0.3 is 6.09 Å². The van der Waals surface area contributed by atoms with Gasteiger partial charge in [0.15, 0.2) is 0 Å². The smallest absolute Gasteiger partial charge is 0.394 e. The molecule has 0 fully saturated rings. The Morgan fingerprint density at radius 1 is 1.05 bits per heavy atom. The number of ether oxygens (including phenoxy) is 1. The third kappa shape index (κ3) is 1.85. The van der Waals surface area contributed by atoms with Crippen LogP contribution >= 0.6 is 0 Å². The average molecular weight is 251 g/mol. The molecule has 0 atom stereocenters. The second-order valence-electron chi connectivity index (χ2n) is 4.40. The van der Waals surface area contributed by atoms with Gasteiger partial charge in [0.2, 0.25) is 5.39 Å². The summed E-state index contributed by atoms with van der Waals surface area (Å²) in [6, 6.07) is 16.1. The number of amides is 1. The van der Waals surface area contributed by atoms with E-state index in [0.29, 0.717) is 0 Å². The molecule has 0 bridgehead atoms. The van der Waals surface area contributed by atoms with Crippen molar-refractivity contribution in [1.82, 2.24) is 0 Å². The molecule has 0 N–H and O–H groups in total. The first-order chi connectivity index (χ1) is 9.31. The number of hydrogen-bond acceptors (Lipinski definition) is 3. The van der Waals surface area contributed by atoms with Gasteiger partial charge in [-0.1, -0.05) is 48.5 Å². The van der Waals surface area contributed by atoms with Crippen molar-refractivity contribution in [3.05, 3.63) is 64.6 Å². The van der Waals surface area contributed by atoms with Crippen LogP contribution < -0.4 is 0 Å². The summed E-state index contributed by atoms with van der Waals surface area (Å²) in [4.78, 5) is 13.5. The third-order valence-corrected chi connectivity index (χ3v) is 3.42. The van der Waals surface area contributed by atoms with Gasteiger partial charge in [-0.3, -0.25) is 0 Å². The molecule has 0 aliphatic heterocycles. The van der Waals surface area contributed by atoms with Crippen LogP contribution in [0.15, 0.2) is 48.5 Å². The van der Waals surface area contributed by atoms with E-state index in [1.165, 1.54) is 11.1 Å². The van der Waals surface area contributed by atoms with Crippen molar-refractivity contribution >= 4 is 6.09 Å². The Bertz CT molecular complexity index is 643. The molecule has 2 aromatic carbocycles. The molecule has 1 amide bonds. The minimum atomic E-state index is -0.957. The summed E-state index contributed by atoms with van der Waals surface area (Å²) in [5, 5.41) is 8.35. The van der Waals surface area contributed by atoms with E-state index in [2.05, 4.69) is 17.1 Å². The number of diazo groups is 1. The zero-order chi connectivity index (χ0) is 13.2. The molecule has 0 heterocycles. The minimum absolute atomic E-state index is 0.00176. The van der Waals surface area contributed by atoms with Crippen LogP contribution in [0, 0.1) is 5.39 Å². The topological polar surface area (TPSA) is 54.5 Å². The fourth-order valence-corrected chi connectivity index (χ4v) is 2.62. The van der Waals surface area contributed by atoms with E-state index >= 15 is 0 Å². The van der Waals surface area contributed by atoms with Crippen LogP contribution in [0.2, 0.25) is 0 Å². The first-order valence-corrected chi connectivity index (χ1v) is 6.01.